The number of rotatable bonds is 5. The van der Waals surface area contributed by atoms with E-state index in [1.54, 1.807) is 7.11 Å². The first-order chi connectivity index (χ1) is 16.5. The van der Waals surface area contributed by atoms with Crippen LogP contribution in [0.1, 0.15) is 24.4 Å². The van der Waals surface area contributed by atoms with Gasteiger partial charge in [-0.1, -0.05) is 59.2 Å². The summed E-state index contributed by atoms with van der Waals surface area (Å²) < 4.78 is 11.1. The predicted octanol–water partition coefficient (Wildman–Crippen LogP) is 6.27. The van der Waals surface area contributed by atoms with Crippen LogP contribution >= 0.6 is 23.8 Å². The number of hydrogen-bond donors (Lipinski definition) is 1. The minimum Gasteiger partial charge on any atom is -0.497 e. The highest BCUT2D eigenvalue weighted by Gasteiger charge is 2.34. The maximum absolute atomic E-state index is 6.17. The zero-order chi connectivity index (χ0) is 23.7. The molecule has 0 aliphatic carbocycles. The molecule has 1 aliphatic heterocycles. The highest BCUT2D eigenvalue weighted by atomic mass is 35.5. The molecule has 8 heteroatoms. The number of methoxy groups -OCH3 is 1. The van der Waals surface area contributed by atoms with E-state index in [-0.39, 0.29) is 6.04 Å². The smallest absolute Gasteiger partial charge is 0.258 e. The summed E-state index contributed by atoms with van der Waals surface area (Å²) in [5.74, 6) is 1.64. The van der Waals surface area contributed by atoms with Gasteiger partial charge in [0.1, 0.15) is 5.75 Å². The molecule has 0 saturated heterocycles. The van der Waals surface area contributed by atoms with Gasteiger partial charge in [0, 0.05) is 22.0 Å². The number of anilines is 1. The molecule has 0 spiro atoms. The van der Waals surface area contributed by atoms with Gasteiger partial charge < -0.3 is 14.6 Å². The van der Waals surface area contributed by atoms with Gasteiger partial charge in [-0.05, 0) is 61.1 Å². The van der Waals surface area contributed by atoms with Gasteiger partial charge in [0.25, 0.3) is 5.89 Å². The lowest BCUT2D eigenvalue weighted by Crippen LogP contribution is -2.46. The molecule has 170 valence electrons. The summed E-state index contributed by atoms with van der Waals surface area (Å²) in [4.78, 5) is 6.71. The van der Waals surface area contributed by atoms with E-state index in [2.05, 4.69) is 10.5 Å². The predicted molar refractivity (Wildman–Crippen MR) is 138 cm³/mol. The quantitative estimate of drug-likeness (QED) is 0.332. The number of para-hydroxylation sites is 1. The number of thiocarbonyl (C=S) groups is 1. The number of aromatic nitrogens is 2. The molecule has 1 aliphatic rings. The van der Waals surface area contributed by atoms with E-state index >= 15 is 0 Å². The topological polar surface area (TPSA) is 63.4 Å². The molecular formula is C26H21ClN4O2S. The number of allylic oxidation sites excluding steroid dienone is 1. The number of ether oxygens (including phenoxy) is 1. The summed E-state index contributed by atoms with van der Waals surface area (Å²) >= 11 is 12.0. The van der Waals surface area contributed by atoms with Crippen LogP contribution in [0.3, 0.4) is 0 Å². The lowest BCUT2D eigenvalue weighted by molar-refractivity contribution is 0.404. The number of nitrogens with zero attached hydrogens (tertiary/aromatic N) is 3. The normalized spacial score (nSPS) is 15.9. The largest absolute Gasteiger partial charge is 0.497 e. The highest BCUT2D eigenvalue weighted by molar-refractivity contribution is 7.80. The van der Waals surface area contributed by atoms with Crippen LogP contribution in [0.4, 0.5) is 5.69 Å². The van der Waals surface area contributed by atoms with Crippen LogP contribution in [0.25, 0.3) is 17.0 Å². The third kappa shape index (κ3) is 4.16. The Morgan fingerprint density at radius 2 is 1.79 bits per heavy atom. The molecule has 34 heavy (non-hydrogen) atoms. The Morgan fingerprint density at radius 3 is 2.50 bits per heavy atom. The number of benzene rings is 3. The first-order valence-corrected chi connectivity index (χ1v) is 11.4. The van der Waals surface area contributed by atoms with Crippen molar-refractivity contribution in [2.24, 2.45) is 0 Å². The Labute approximate surface area is 207 Å². The Bertz CT molecular complexity index is 1370. The Hall–Kier alpha value is -3.68. The molecular weight excluding hydrogens is 468 g/mol. The van der Waals surface area contributed by atoms with Gasteiger partial charge in [-0.2, -0.15) is 4.98 Å². The second-order valence-corrected chi connectivity index (χ2v) is 8.58. The highest BCUT2D eigenvalue weighted by Crippen LogP contribution is 2.39. The van der Waals surface area contributed by atoms with Gasteiger partial charge in [0.2, 0.25) is 5.82 Å². The summed E-state index contributed by atoms with van der Waals surface area (Å²) in [5.41, 5.74) is 4.45. The lowest BCUT2D eigenvalue weighted by Gasteiger charge is -2.37. The van der Waals surface area contributed by atoms with E-state index in [0.717, 1.165) is 33.8 Å². The second-order valence-electron chi connectivity index (χ2n) is 7.76. The molecule has 0 fully saturated rings. The average Bonchev–Trinajstić information content (AvgIpc) is 3.34. The zero-order valence-electron chi connectivity index (χ0n) is 18.5. The van der Waals surface area contributed by atoms with E-state index < -0.39 is 0 Å². The average molecular weight is 489 g/mol. The van der Waals surface area contributed by atoms with Crippen LogP contribution < -0.4 is 15.0 Å². The molecule has 4 aromatic rings. The Kier molecular flexibility index (Phi) is 6.04. The van der Waals surface area contributed by atoms with Crippen molar-refractivity contribution in [3.05, 3.63) is 101 Å². The molecule has 1 N–H and O–H groups in total. The fraction of sp³-hybridized carbons (Fsp3) is 0.115. The van der Waals surface area contributed by atoms with E-state index in [9.17, 15) is 0 Å². The fourth-order valence-electron chi connectivity index (χ4n) is 4.03. The van der Waals surface area contributed by atoms with Gasteiger partial charge >= 0.3 is 0 Å². The number of halogens is 1. The van der Waals surface area contributed by atoms with Crippen molar-refractivity contribution in [1.29, 1.82) is 0 Å². The summed E-state index contributed by atoms with van der Waals surface area (Å²) in [6, 6.07) is 24.9. The van der Waals surface area contributed by atoms with Gasteiger partial charge in [-0.15, -0.1) is 0 Å². The van der Waals surface area contributed by atoms with Crippen LogP contribution in [0, 0.1) is 0 Å². The summed E-state index contributed by atoms with van der Waals surface area (Å²) in [7, 11) is 1.64. The molecule has 0 bridgehead atoms. The number of hydrogen-bond acceptors (Lipinski definition) is 5. The summed E-state index contributed by atoms with van der Waals surface area (Å²) in [6.45, 7) is 2.01. The fourth-order valence-corrected chi connectivity index (χ4v) is 4.58. The van der Waals surface area contributed by atoms with E-state index in [4.69, 9.17) is 38.1 Å². The van der Waals surface area contributed by atoms with Crippen molar-refractivity contribution >= 4 is 40.2 Å². The molecule has 0 radical (unpaired) electrons. The standard InChI is InChI=1S/C26H21ClN4O2S/c1-16-22(25-29-24(30-33-25)18-7-6-8-19(27)15-18)23(17-11-13-21(32-2)14-12-17)28-26(34)31(16)20-9-4-3-5-10-20/h3-15,23H,1-2H3,(H,28,34). The van der Waals surface area contributed by atoms with E-state index in [1.807, 2.05) is 90.7 Å². The molecule has 0 amide bonds. The van der Waals surface area contributed by atoms with Crippen LogP contribution in [-0.4, -0.2) is 22.4 Å². The SMILES string of the molecule is COc1ccc(C2NC(=S)N(c3ccccc3)C(C)=C2c2nc(-c3cccc(Cl)c3)no2)cc1. The maximum atomic E-state index is 6.17. The minimum atomic E-state index is -0.286. The van der Waals surface area contributed by atoms with Gasteiger partial charge in [0.15, 0.2) is 5.11 Å². The second kappa shape index (κ2) is 9.29. The molecule has 1 unspecified atom stereocenters. The van der Waals surface area contributed by atoms with Crippen molar-refractivity contribution in [3.8, 4) is 17.1 Å². The molecule has 6 nitrogen and oxygen atoms in total. The van der Waals surface area contributed by atoms with E-state index in [0.29, 0.717) is 21.9 Å². The molecule has 2 heterocycles. The number of nitrogens with one attached hydrogen (secondary N) is 1. The zero-order valence-corrected chi connectivity index (χ0v) is 20.1. The van der Waals surface area contributed by atoms with Gasteiger partial charge in [-0.3, -0.25) is 4.90 Å². The molecule has 1 aromatic heterocycles. The van der Waals surface area contributed by atoms with Crippen LogP contribution in [0.15, 0.2) is 89.1 Å². The Balaban J connectivity index is 1.64. The Morgan fingerprint density at radius 1 is 1.03 bits per heavy atom. The van der Waals surface area contributed by atoms with Crippen molar-refractivity contribution in [2.45, 2.75) is 13.0 Å². The van der Waals surface area contributed by atoms with Gasteiger partial charge in [0.05, 0.1) is 18.7 Å². The first-order valence-electron chi connectivity index (χ1n) is 10.7. The van der Waals surface area contributed by atoms with Crippen LogP contribution in [0.2, 0.25) is 5.02 Å². The molecule has 1 atom stereocenters. The van der Waals surface area contributed by atoms with Crippen molar-refractivity contribution in [1.82, 2.24) is 15.5 Å². The monoisotopic (exact) mass is 488 g/mol. The molecule has 3 aromatic carbocycles. The third-order valence-electron chi connectivity index (χ3n) is 5.69. The maximum Gasteiger partial charge on any atom is 0.258 e. The van der Waals surface area contributed by atoms with Crippen LogP contribution in [-0.2, 0) is 0 Å². The van der Waals surface area contributed by atoms with Gasteiger partial charge in [-0.25, -0.2) is 0 Å². The van der Waals surface area contributed by atoms with E-state index in [1.165, 1.54) is 0 Å². The summed E-state index contributed by atoms with van der Waals surface area (Å²) in [6.07, 6.45) is 0. The van der Waals surface area contributed by atoms with Crippen molar-refractivity contribution < 1.29 is 9.26 Å². The third-order valence-corrected chi connectivity index (χ3v) is 6.22. The lowest BCUT2D eigenvalue weighted by atomic mass is 9.94. The minimum absolute atomic E-state index is 0.286. The summed E-state index contributed by atoms with van der Waals surface area (Å²) in [5, 5.41) is 8.89. The van der Waals surface area contributed by atoms with Crippen molar-refractivity contribution in [3.63, 3.8) is 0 Å². The van der Waals surface area contributed by atoms with Crippen LogP contribution in [0.5, 0.6) is 5.75 Å². The van der Waals surface area contributed by atoms with Crippen molar-refractivity contribution in [2.75, 3.05) is 12.0 Å². The first kappa shape index (κ1) is 22.1. The molecule has 5 rings (SSSR count). The molecule has 0 saturated carbocycles.